The van der Waals surface area contributed by atoms with Crippen LogP contribution in [0.4, 0.5) is 5.69 Å². The predicted molar refractivity (Wildman–Crippen MR) is 339 cm³/mol. The van der Waals surface area contributed by atoms with Gasteiger partial charge >= 0.3 is 0 Å². The smallest absolute Gasteiger partial charge is 0.253 e. The van der Waals surface area contributed by atoms with Crippen molar-refractivity contribution in [3.8, 4) is 0 Å². The highest BCUT2D eigenvalue weighted by Gasteiger charge is 2.76. The number of allylic oxidation sites excluding steroid dienone is 4. The lowest BCUT2D eigenvalue weighted by Crippen LogP contribution is -2.63. The van der Waals surface area contributed by atoms with Crippen molar-refractivity contribution in [2.45, 2.75) is 82.9 Å². The van der Waals surface area contributed by atoms with E-state index in [0.29, 0.717) is 183 Å². The number of nitrogens with one attached hydrogen (secondary N) is 2. The van der Waals surface area contributed by atoms with Gasteiger partial charge in [-0.05, 0) is 79.4 Å². The number of carbonyl (C=O) groups is 6. The number of carbonyl (C=O) groups excluding carboxylic acids is 6. The Bertz CT molecular complexity index is 2800. The van der Waals surface area contributed by atoms with E-state index in [4.69, 9.17) is 66.3 Å². The lowest BCUT2D eigenvalue weighted by Gasteiger charge is -2.59. The summed E-state index contributed by atoms with van der Waals surface area (Å²) in [5, 5.41) is 28.0. The monoisotopic (exact) mass is 1320 g/mol. The van der Waals surface area contributed by atoms with Gasteiger partial charge in [-0.25, -0.2) is 0 Å². The fraction of sp³-hybridized carbons (Fsp3) is 0.652. The molecular formula is C69H97N3O22. The minimum atomic E-state index is -1.42. The quantitative estimate of drug-likeness (QED) is 0.0540. The fourth-order valence-electron chi connectivity index (χ4n) is 13.7. The van der Waals surface area contributed by atoms with Crippen LogP contribution in [0.3, 0.4) is 0 Å². The van der Waals surface area contributed by atoms with Gasteiger partial charge in [0.05, 0.1) is 177 Å². The molecule has 4 unspecified atom stereocenters. The van der Waals surface area contributed by atoms with Gasteiger partial charge in [0, 0.05) is 59.7 Å². The molecule has 6 aliphatic rings. The van der Waals surface area contributed by atoms with E-state index in [1.807, 2.05) is 61.5 Å². The number of nitrogens with zero attached hydrogens (tertiary/aromatic N) is 1. The van der Waals surface area contributed by atoms with Crippen molar-refractivity contribution in [3.63, 3.8) is 0 Å². The maximum Gasteiger partial charge on any atom is 0.253 e. The molecule has 4 fully saturated rings. The van der Waals surface area contributed by atoms with Crippen LogP contribution in [0.15, 0.2) is 84.5 Å². The minimum absolute atomic E-state index is 0.00955. The number of aliphatic hydroxyl groups excluding tert-OH is 2. The lowest BCUT2D eigenvalue weighted by molar-refractivity contribution is -0.201. The SMILES string of the molecule is C[C@]12C=CC(=O)C=C1CC[C@@H]1C2[C@@H](O)C[C@@]2(C)C1CC1OC(c3ccc(Cc4cccc(NC(=O)CCOCCOCCOCCOCCOCCOCCOCCOCCOCCOCCOCCOCCNC(=O)CCN5C(=O)C=CC5=O)c4)cc3)O[C@]12C(=O)CO. The summed E-state index contributed by atoms with van der Waals surface area (Å²) in [6.07, 6.45) is 8.77. The van der Waals surface area contributed by atoms with Crippen LogP contribution in [-0.4, -0.2) is 246 Å². The summed E-state index contributed by atoms with van der Waals surface area (Å²) in [5.41, 5.74) is 1.87. The molecule has 520 valence electrons. The van der Waals surface area contributed by atoms with Crippen LogP contribution in [0.2, 0.25) is 0 Å². The lowest BCUT2D eigenvalue weighted by atomic mass is 9.46. The third-order valence-corrected chi connectivity index (χ3v) is 18.3. The third-order valence-electron chi connectivity index (χ3n) is 18.3. The van der Waals surface area contributed by atoms with Crippen LogP contribution < -0.4 is 10.6 Å². The number of hydrogen-bond donors (Lipinski definition) is 4. The summed E-state index contributed by atoms with van der Waals surface area (Å²) in [7, 11) is 0. The molecule has 25 nitrogen and oxygen atoms in total. The Kier molecular flexibility index (Phi) is 30.8. The summed E-state index contributed by atoms with van der Waals surface area (Å²) in [6.45, 7) is 13.8. The molecule has 0 aromatic heterocycles. The number of imide groups is 1. The summed E-state index contributed by atoms with van der Waals surface area (Å²) >= 11 is 0. The van der Waals surface area contributed by atoms with Crippen molar-refractivity contribution in [2.24, 2.45) is 28.6 Å². The molecule has 94 heavy (non-hydrogen) atoms. The summed E-state index contributed by atoms with van der Waals surface area (Å²) < 4.78 is 79.8. The molecule has 2 heterocycles. The number of ether oxygens (including phenoxy) is 14. The van der Waals surface area contributed by atoms with Crippen LogP contribution in [0, 0.1) is 28.6 Å². The first-order chi connectivity index (χ1) is 45.8. The number of benzene rings is 2. The first-order valence-electron chi connectivity index (χ1n) is 33.1. The van der Waals surface area contributed by atoms with Gasteiger partial charge in [0.2, 0.25) is 11.8 Å². The van der Waals surface area contributed by atoms with E-state index in [-0.39, 0.29) is 61.3 Å². The molecule has 9 atom stereocenters. The maximum atomic E-state index is 14.0. The van der Waals surface area contributed by atoms with Gasteiger partial charge in [0.25, 0.3) is 11.8 Å². The van der Waals surface area contributed by atoms with Crippen molar-refractivity contribution in [3.05, 3.63) is 101 Å². The standard InChI is InChI=1S/C69H97N3O22/c1-67-17-14-55(74)46-53(67)10-11-56-57-47-60-69(59(76)49-73,68(57,2)48-58(75)65(56)67)94-66(93-60)52-8-6-50(7-9-52)44-51-4-3-5-54(45-51)71-62(78)16-20-81-22-24-83-26-28-85-30-32-87-34-36-89-38-40-91-42-43-92-41-39-90-37-35-88-33-31-86-29-27-84-25-23-82-21-18-70-61(77)15-19-72-63(79)12-13-64(72)80/h3-9,12-14,17,45-46,56-58,60,65-66,73,75H,10-11,15-16,18-44,47-49H2,1-2H3,(H,70,77)(H,71,78)/t56-,57?,58-,60?,65?,66?,67-,68-,69+/m0/s1. The highest BCUT2D eigenvalue weighted by atomic mass is 16.7. The van der Waals surface area contributed by atoms with Crippen molar-refractivity contribution in [1.82, 2.24) is 10.2 Å². The minimum Gasteiger partial charge on any atom is -0.393 e. The maximum absolute atomic E-state index is 14.0. The zero-order chi connectivity index (χ0) is 66.4. The second-order valence-corrected chi connectivity index (χ2v) is 24.4. The van der Waals surface area contributed by atoms with Gasteiger partial charge in [-0.15, -0.1) is 0 Å². The average molecular weight is 1320 g/mol. The molecule has 8 rings (SSSR count). The molecule has 4 amide bonds. The number of rotatable bonds is 48. The first kappa shape index (κ1) is 74.2. The second kappa shape index (κ2) is 39.0. The van der Waals surface area contributed by atoms with Gasteiger partial charge in [0.1, 0.15) is 6.61 Å². The molecular weight excluding hydrogens is 1220 g/mol. The normalized spacial score (nSPS) is 25.1. The number of hydrogen-bond acceptors (Lipinski definition) is 22. The van der Waals surface area contributed by atoms with Crippen LogP contribution in [0.1, 0.15) is 75.4 Å². The van der Waals surface area contributed by atoms with E-state index in [1.54, 1.807) is 12.2 Å². The van der Waals surface area contributed by atoms with Gasteiger partial charge in [-0.3, -0.25) is 33.7 Å². The van der Waals surface area contributed by atoms with Crippen molar-refractivity contribution >= 4 is 40.9 Å². The number of aliphatic hydroxyl groups is 2. The molecule has 1 saturated heterocycles. The Balaban J connectivity index is 0.540. The average Bonchev–Trinajstić information content (AvgIpc) is 1.48. The molecule has 2 aromatic carbocycles. The fourth-order valence-corrected chi connectivity index (χ4v) is 13.7. The largest absolute Gasteiger partial charge is 0.393 e. The number of anilines is 1. The van der Waals surface area contributed by atoms with Crippen molar-refractivity contribution in [2.75, 3.05) is 184 Å². The first-order valence-corrected chi connectivity index (χ1v) is 33.1. The van der Waals surface area contributed by atoms with E-state index in [9.17, 15) is 39.0 Å². The molecule has 0 radical (unpaired) electrons. The number of ketones is 2. The van der Waals surface area contributed by atoms with E-state index in [2.05, 4.69) is 17.6 Å². The van der Waals surface area contributed by atoms with Gasteiger partial charge < -0.3 is 87.2 Å². The molecule has 25 heteroatoms. The van der Waals surface area contributed by atoms with Crippen LogP contribution in [-0.2, 0) is 102 Å². The molecule has 4 aliphatic carbocycles. The molecule has 2 aliphatic heterocycles. The van der Waals surface area contributed by atoms with Gasteiger partial charge in [-0.2, -0.15) is 0 Å². The zero-order valence-corrected chi connectivity index (χ0v) is 54.5. The Morgan fingerprint density at radius 2 is 1.13 bits per heavy atom. The van der Waals surface area contributed by atoms with Crippen LogP contribution in [0.25, 0.3) is 0 Å². The highest BCUT2D eigenvalue weighted by molar-refractivity contribution is 6.13. The van der Waals surface area contributed by atoms with E-state index in [0.717, 1.165) is 40.0 Å². The van der Waals surface area contributed by atoms with Crippen LogP contribution >= 0.6 is 0 Å². The number of fused-ring (bicyclic) bond motifs is 7. The Morgan fingerprint density at radius 3 is 1.65 bits per heavy atom. The van der Waals surface area contributed by atoms with Crippen molar-refractivity contribution < 1.29 is 105 Å². The number of amides is 4. The predicted octanol–water partition coefficient (Wildman–Crippen LogP) is 3.84. The molecule has 0 spiro atoms. The topological polar surface area (TPSA) is 299 Å². The van der Waals surface area contributed by atoms with Crippen LogP contribution in [0.5, 0.6) is 0 Å². The molecule has 0 bridgehead atoms. The summed E-state index contributed by atoms with van der Waals surface area (Å²) in [4.78, 5) is 75.0. The summed E-state index contributed by atoms with van der Waals surface area (Å²) in [5.74, 6) is -1.71. The Hall–Kier alpha value is -5.56. The molecule has 2 aromatic rings. The molecule has 4 N–H and O–H groups in total. The van der Waals surface area contributed by atoms with Crippen molar-refractivity contribution in [1.29, 1.82) is 0 Å². The Morgan fingerprint density at radius 1 is 0.617 bits per heavy atom. The second-order valence-electron chi connectivity index (χ2n) is 24.4. The van der Waals surface area contributed by atoms with E-state index >= 15 is 0 Å². The zero-order valence-electron chi connectivity index (χ0n) is 54.5. The Labute approximate surface area is 550 Å². The molecule has 3 saturated carbocycles. The summed E-state index contributed by atoms with van der Waals surface area (Å²) in [6, 6.07) is 15.6. The third kappa shape index (κ3) is 21.2. The van der Waals surface area contributed by atoms with Gasteiger partial charge in [-0.1, -0.05) is 61.9 Å². The van der Waals surface area contributed by atoms with E-state index < -0.39 is 59.1 Å². The van der Waals surface area contributed by atoms with Gasteiger partial charge in [0.15, 0.2) is 23.5 Å². The highest BCUT2D eigenvalue weighted by Crippen LogP contribution is 2.70. The number of Topliss-reactive ketones (excluding diaryl/α,β-unsaturated/α-hetero) is 1. The van der Waals surface area contributed by atoms with E-state index in [1.165, 1.54) is 12.2 Å².